The van der Waals surface area contributed by atoms with Gasteiger partial charge in [0.15, 0.2) is 0 Å². The highest BCUT2D eigenvalue weighted by Gasteiger charge is 2.51. The molecular weight excluding hydrogens is 472 g/mol. The van der Waals surface area contributed by atoms with Crippen LogP contribution in [0.25, 0.3) is 10.1 Å². The number of rotatable bonds is 9. The molecule has 0 spiro atoms. The second-order valence-electron chi connectivity index (χ2n) is 8.79. The van der Waals surface area contributed by atoms with Crippen molar-refractivity contribution >= 4 is 50.8 Å². The predicted octanol–water partition coefficient (Wildman–Crippen LogP) is 5.10. The lowest BCUT2D eigenvalue weighted by Crippen LogP contribution is -2.68. The van der Waals surface area contributed by atoms with Crippen molar-refractivity contribution in [3.8, 4) is 0 Å². The Labute approximate surface area is 207 Å². The van der Waals surface area contributed by atoms with Crippen LogP contribution in [0.4, 0.5) is 0 Å². The molecule has 34 heavy (non-hydrogen) atoms. The van der Waals surface area contributed by atoms with E-state index >= 15 is 0 Å². The van der Waals surface area contributed by atoms with Crippen molar-refractivity contribution in [2.45, 2.75) is 38.1 Å². The normalized spacial score (nSPS) is 17.4. The van der Waals surface area contributed by atoms with Crippen molar-refractivity contribution in [3.63, 3.8) is 0 Å². The SMILES string of the molecule is CC1(C(=O)N(CCCC(=O)O)CCc2ccc(Cl)cc2)CCN1C(=O)c1csc2ccccc12. The van der Waals surface area contributed by atoms with E-state index in [0.29, 0.717) is 49.5 Å². The Morgan fingerprint density at radius 2 is 1.85 bits per heavy atom. The quantitative estimate of drug-likeness (QED) is 0.445. The third-order valence-corrected chi connectivity index (χ3v) is 7.74. The third-order valence-electron chi connectivity index (χ3n) is 6.52. The van der Waals surface area contributed by atoms with Crippen LogP contribution in [0, 0.1) is 0 Å². The van der Waals surface area contributed by atoms with Crippen molar-refractivity contribution < 1.29 is 19.5 Å². The number of hydrogen-bond acceptors (Lipinski definition) is 4. The first-order valence-corrected chi connectivity index (χ1v) is 12.6. The second-order valence-corrected chi connectivity index (χ2v) is 10.1. The minimum atomic E-state index is -0.941. The summed E-state index contributed by atoms with van der Waals surface area (Å²) in [6, 6.07) is 15.2. The van der Waals surface area contributed by atoms with Crippen LogP contribution < -0.4 is 0 Å². The topological polar surface area (TPSA) is 77.9 Å². The van der Waals surface area contributed by atoms with Crippen LogP contribution in [-0.2, 0) is 16.0 Å². The van der Waals surface area contributed by atoms with Gasteiger partial charge in [-0.3, -0.25) is 14.4 Å². The van der Waals surface area contributed by atoms with Gasteiger partial charge in [0.05, 0.1) is 5.56 Å². The number of hydrogen-bond donors (Lipinski definition) is 1. The lowest BCUT2D eigenvalue weighted by atomic mass is 9.84. The molecule has 3 aromatic rings. The van der Waals surface area contributed by atoms with Crippen LogP contribution in [0.5, 0.6) is 0 Å². The van der Waals surface area contributed by atoms with Gasteiger partial charge in [0, 0.05) is 46.5 Å². The van der Waals surface area contributed by atoms with E-state index in [2.05, 4.69) is 0 Å². The molecule has 0 saturated carbocycles. The predicted molar refractivity (Wildman–Crippen MR) is 134 cm³/mol. The summed E-state index contributed by atoms with van der Waals surface area (Å²) < 4.78 is 1.04. The molecule has 2 aromatic carbocycles. The highest BCUT2D eigenvalue weighted by atomic mass is 35.5. The highest BCUT2D eigenvalue weighted by Crippen LogP contribution is 2.36. The van der Waals surface area contributed by atoms with Gasteiger partial charge in [0.2, 0.25) is 5.91 Å². The Bertz CT molecular complexity index is 1210. The Morgan fingerprint density at radius 1 is 1.12 bits per heavy atom. The number of halogens is 1. The molecule has 178 valence electrons. The maximum Gasteiger partial charge on any atom is 0.303 e. The van der Waals surface area contributed by atoms with Crippen molar-refractivity contribution in [1.29, 1.82) is 0 Å². The summed E-state index contributed by atoms with van der Waals surface area (Å²) in [5.41, 5.74) is 0.721. The Kier molecular flexibility index (Phi) is 7.24. The van der Waals surface area contributed by atoms with Gasteiger partial charge in [-0.25, -0.2) is 0 Å². The van der Waals surface area contributed by atoms with Crippen LogP contribution in [0.1, 0.15) is 42.1 Å². The summed E-state index contributed by atoms with van der Waals surface area (Å²) in [7, 11) is 0. The summed E-state index contributed by atoms with van der Waals surface area (Å²) in [4.78, 5) is 41.6. The van der Waals surface area contributed by atoms with E-state index < -0.39 is 11.5 Å². The van der Waals surface area contributed by atoms with Gasteiger partial charge < -0.3 is 14.9 Å². The van der Waals surface area contributed by atoms with Crippen LogP contribution in [0.15, 0.2) is 53.9 Å². The monoisotopic (exact) mass is 498 g/mol. The minimum absolute atomic E-state index is 0.00895. The zero-order chi connectivity index (χ0) is 24.3. The standard InChI is InChI=1S/C26H27ClN2O4S/c1-26(13-16-29(26)24(32)21-17-34-22-6-3-2-5-20(21)22)25(33)28(14-4-7-23(30)31)15-12-18-8-10-19(27)11-9-18/h2-3,5-6,8-11,17H,4,7,12-16H2,1H3,(H,30,31). The summed E-state index contributed by atoms with van der Waals surface area (Å²) in [5, 5.41) is 12.5. The number of nitrogens with zero attached hydrogens (tertiary/aromatic N) is 2. The number of carboxylic acids is 1. The average molecular weight is 499 g/mol. The fourth-order valence-electron chi connectivity index (χ4n) is 4.39. The van der Waals surface area contributed by atoms with Crippen molar-refractivity contribution in [2.75, 3.05) is 19.6 Å². The molecule has 0 radical (unpaired) electrons. The molecule has 1 aliphatic heterocycles. The molecule has 2 heterocycles. The number of likely N-dealkylation sites (tertiary alicyclic amines) is 1. The molecule has 1 aromatic heterocycles. The molecule has 2 amide bonds. The Hall–Kier alpha value is -2.90. The lowest BCUT2D eigenvalue weighted by Gasteiger charge is -2.51. The molecule has 1 unspecified atom stereocenters. The molecule has 1 N–H and O–H groups in total. The van der Waals surface area contributed by atoms with E-state index in [0.717, 1.165) is 15.6 Å². The molecule has 0 bridgehead atoms. The lowest BCUT2D eigenvalue weighted by molar-refractivity contribution is -0.149. The van der Waals surface area contributed by atoms with Crippen LogP contribution in [-0.4, -0.2) is 57.9 Å². The molecule has 8 heteroatoms. The number of carbonyl (C=O) groups excluding carboxylic acids is 2. The molecule has 1 atom stereocenters. The third kappa shape index (κ3) is 4.95. The van der Waals surface area contributed by atoms with Crippen LogP contribution in [0.2, 0.25) is 5.02 Å². The maximum atomic E-state index is 13.7. The number of carbonyl (C=O) groups is 3. The zero-order valence-electron chi connectivity index (χ0n) is 19.0. The van der Waals surface area contributed by atoms with Gasteiger partial charge in [-0.15, -0.1) is 11.3 Å². The Morgan fingerprint density at radius 3 is 2.53 bits per heavy atom. The van der Waals surface area contributed by atoms with Gasteiger partial charge >= 0.3 is 5.97 Å². The highest BCUT2D eigenvalue weighted by molar-refractivity contribution is 7.17. The van der Waals surface area contributed by atoms with Crippen molar-refractivity contribution in [1.82, 2.24) is 9.80 Å². The largest absolute Gasteiger partial charge is 0.481 e. The number of amides is 2. The molecular formula is C26H27ClN2O4S. The second kappa shape index (κ2) is 10.2. The number of thiophene rings is 1. The molecule has 0 aliphatic carbocycles. The number of benzene rings is 2. The van der Waals surface area contributed by atoms with E-state index in [1.54, 1.807) is 9.80 Å². The first-order chi connectivity index (χ1) is 16.3. The van der Waals surface area contributed by atoms with Gasteiger partial charge in [0.1, 0.15) is 5.54 Å². The van der Waals surface area contributed by atoms with Crippen molar-refractivity contribution in [3.05, 3.63) is 70.1 Å². The molecule has 6 nitrogen and oxygen atoms in total. The summed E-state index contributed by atoms with van der Waals surface area (Å²) >= 11 is 7.50. The minimum Gasteiger partial charge on any atom is -0.481 e. The molecule has 1 fully saturated rings. The number of aliphatic carboxylic acids is 1. The van der Waals surface area contributed by atoms with E-state index in [1.807, 2.05) is 60.8 Å². The average Bonchev–Trinajstić information content (AvgIpc) is 3.24. The Balaban J connectivity index is 1.51. The number of fused-ring (bicyclic) bond motifs is 1. The molecule has 4 rings (SSSR count). The van der Waals surface area contributed by atoms with Gasteiger partial charge in [-0.05, 0) is 49.9 Å². The first kappa shape index (κ1) is 24.2. The summed E-state index contributed by atoms with van der Waals surface area (Å²) in [6.07, 6.45) is 1.55. The van der Waals surface area contributed by atoms with E-state index in [-0.39, 0.29) is 18.2 Å². The maximum absolute atomic E-state index is 13.7. The smallest absolute Gasteiger partial charge is 0.303 e. The fourth-order valence-corrected chi connectivity index (χ4v) is 5.45. The van der Waals surface area contributed by atoms with E-state index in [4.69, 9.17) is 16.7 Å². The first-order valence-electron chi connectivity index (χ1n) is 11.3. The van der Waals surface area contributed by atoms with E-state index in [9.17, 15) is 14.4 Å². The van der Waals surface area contributed by atoms with Crippen LogP contribution >= 0.6 is 22.9 Å². The van der Waals surface area contributed by atoms with Crippen LogP contribution in [0.3, 0.4) is 0 Å². The van der Waals surface area contributed by atoms with E-state index in [1.165, 1.54) is 11.3 Å². The fraction of sp³-hybridized carbons (Fsp3) is 0.346. The van der Waals surface area contributed by atoms with Gasteiger partial charge in [-0.1, -0.05) is 41.9 Å². The number of carboxylic acid groups (broad SMARTS) is 1. The van der Waals surface area contributed by atoms with Gasteiger partial charge in [0.25, 0.3) is 5.91 Å². The summed E-state index contributed by atoms with van der Waals surface area (Å²) in [5.74, 6) is -1.16. The van der Waals surface area contributed by atoms with Gasteiger partial charge in [-0.2, -0.15) is 0 Å². The molecule has 1 aliphatic rings. The summed E-state index contributed by atoms with van der Waals surface area (Å²) in [6.45, 7) is 3.11. The molecule has 1 saturated heterocycles. The zero-order valence-corrected chi connectivity index (χ0v) is 20.6. The van der Waals surface area contributed by atoms with Crippen molar-refractivity contribution in [2.24, 2.45) is 0 Å².